The lowest BCUT2D eigenvalue weighted by atomic mass is 9.96. The molecular formula is C11H10BNO2. The monoisotopic (exact) mass is 199 g/mol. The Balaban J connectivity index is 2.82. The van der Waals surface area contributed by atoms with Crippen LogP contribution >= 0.6 is 0 Å². The number of hydrogen-bond acceptors (Lipinski definition) is 2. The van der Waals surface area contributed by atoms with E-state index in [0.717, 1.165) is 22.2 Å². The molecule has 1 heterocycles. The maximum absolute atomic E-state index is 11.3. The molecule has 0 saturated heterocycles. The standard InChI is InChI=1S/C11H10BNO2/c1-6-3-9-7(5-10(6)15-2)4-8(12)11(14)13-9/h3-5H,1-2H3,(H,13,14). The van der Waals surface area contributed by atoms with E-state index in [9.17, 15) is 4.79 Å². The Labute approximate surface area is 88.5 Å². The molecule has 0 aliphatic heterocycles. The van der Waals surface area contributed by atoms with E-state index in [1.807, 2.05) is 19.1 Å². The Morgan fingerprint density at radius 1 is 1.33 bits per heavy atom. The van der Waals surface area contributed by atoms with Crippen molar-refractivity contribution in [2.75, 3.05) is 7.11 Å². The van der Waals surface area contributed by atoms with Crippen molar-refractivity contribution in [2.24, 2.45) is 0 Å². The summed E-state index contributed by atoms with van der Waals surface area (Å²) < 4.78 is 5.19. The number of aryl methyl sites for hydroxylation is 1. The number of benzene rings is 1. The first-order chi connectivity index (χ1) is 7.11. The van der Waals surface area contributed by atoms with Crippen LogP contribution < -0.4 is 15.8 Å². The molecule has 2 radical (unpaired) electrons. The molecule has 1 aromatic carbocycles. The molecule has 1 aromatic heterocycles. The fourth-order valence-electron chi connectivity index (χ4n) is 1.58. The molecule has 15 heavy (non-hydrogen) atoms. The molecule has 0 unspecified atom stereocenters. The van der Waals surface area contributed by atoms with E-state index in [2.05, 4.69) is 4.98 Å². The van der Waals surface area contributed by atoms with Gasteiger partial charge in [-0.1, -0.05) is 6.07 Å². The first-order valence-electron chi connectivity index (χ1n) is 4.59. The molecule has 1 N–H and O–H groups in total. The largest absolute Gasteiger partial charge is 0.496 e. The van der Waals surface area contributed by atoms with Crippen molar-refractivity contribution >= 4 is 24.2 Å². The second kappa shape index (κ2) is 3.46. The van der Waals surface area contributed by atoms with Gasteiger partial charge in [0.1, 0.15) is 13.6 Å². The van der Waals surface area contributed by atoms with Gasteiger partial charge in [-0.05, 0) is 30.1 Å². The normalized spacial score (nSPS) is 10.5. The minimum absolute atomic E-state index is 0.216. The topological polar surface area (TPSA) is 42.1 Å². The minimum atomic E-state index is -0.257. The lowest BCUT2D eigenvalue weighted by molar-refractivity contribution is 0.412. The van der Waals surface area contributed by atoms with Gasteiger partial charge in [0.25, 0.3) is 0 Å². The first kappa shape index (κ1) is 9.83. The van der Waals surface area contributed by atoms with Gasteiger partial charge in [0.2, 0.25) is 5.56 Å². The highest BCUT2D eigenvalue weighted by molar-refractivity contribution is 6.32. The van der Waals surface area contributed by atoms with Crippen LogP contribution in [-0.2, 0) is 0 Å². The highest BCUT2D eigenvalue weighted by Gasteiger charge is 2.03. The van der Waals surface area contributed by atoms with Gasteiger partial charge < -0.3 is 9.72 Å². The van der Waals surface area contributed by atoms with Gasteiger partial charge in [0.15, 0.2) is 0 Å². The first-order valence-corrected chi connectivity index (χ1v) is 4.59. The number of hydrogen-bond donors (Lipinski definition) is 1. The Bertz CT molecular complexity index is 575. The fourth-order valence-corrected chi connectivity index (χ4v) is 1.58. The third kappa shape index (κ3) is 1.63. The highest BCUT2D eigenvalue weighted by atomic mass is 16.5. The molecule has 0 spiro atoms. The summed E-state index contributed by atoms with van der Waals surface area (Å²) in [6.45, 7) is 1.92. The van der Waals surface area contributed by atoms with Crippen molar-refractivity contribution in [1.29, 1.82) is 0 Å². The molecule has 2 rings (SSSR count). The summed E-state index contributed by atoms with van der Waals surface area (Å²) in [6.07, 6.45) is 0. The minimum Gasteiger partial charge on any atom is -0.496 e. The van der Waals surface area contributed by atoms with E-state index in [4.69, 9.17) is 12.6 Å². The van der Waals surface area contributed by atoms with Crippen LogP contribution in [0.15, 0.2) is 23.0 Å². The van der Waals surface area contributed by atoms with Gasteiger partial charge in [-0.3, -0.25) is 4.79 Å². The van der Waals surface area contributed by atoms with Gasteiger partial charge in [-0.25, -0.2) is 0 Å². The second-order valence-electron chi connectivity index (χ2n) is 3.46. The van der Waals surface area contributed by atoms with Crippen LogP contribution in [-0.4, -0.2) is 19.9 Å². The van der Waals surface area contributed by atoms with Gasteiger partial charge in [0.05, 0.1) is 7.11 Å². The van der Waals surface area contributed by atoms with E-state index in [1.165, 1.54) is 0 Å². The summed E-state index contributed by atoms with van der Waals surface area (Å²) in [4.78, 5) is 14.0. The number of fused-ring (bicyclic) bond motifs is 1. The molecule has 3 nitrogen and oxygen atoms in total. The SMILES string of the molecule is [B]c1cc2cc(OC)c(C)cc2[nH]c1=O. The predicted octanol–water partition coefficient (Wildman–Crippen LogP) is 0.639. The molecule has 4 heteroatoms. The predicted molar refractivity (Wildman–Crippen MR) is 61.2 cm³/mol. The van der Waals surface area contributed by atoms with Crippen LogP contribution in [0.1, 0.15) is 5.56 Å². The van der Waals surface area contributed by atoms with Gasteiger partial charge in [-0.15, -0.1) is 0 Å². The van der Waals surface area contributed by atoms with E-state index in [0.29, 0.717) is 0 Å². The summed E-state index contributed by atoms with van der Waals surface area (Å²) in [5.41, 5.74) is 1.71. The number of aromatic nitrogens is 1. The Morgan fingerprint density at radius 3 is 2.73 bits per heavy atom. The summed E-state index contributed by atoms with van der Waals surface area (Å²) in [6, 6.07) is 5.38. The highest BCUT2D eigenvalue weighted by Crippen LogP contribution is 2.22. The quantitative estimate of drug-likeness (QED) is 0.684. The number of nitrogens with one attached hydrogen (secondary N) is 1. The van der Waals surface area contributed by atoms with E-state index >= 15 is 0 Å². The Kier molecular flexibility index (Phi) is 2.27. The molecule has 2 aromatic rings. The fraction of sp³-hybridized carbons (Fsp3) is 0.182. The van der Waals surface area contributed by atoms with Crippen LogP contribution in [0, 0.1) is 6.92 Å². The third-order valence-corrected chi connectivity index (χ3v) is 2.39. The summed E-state index contributed by atoms with van der Waals surface area (Å²) in [7, 11) is 7.15. The maximum atomic E-state index is 11.3. The van der Waals surface area contributed by atoms with Crippen molar-refractivity contribution in [1.82, 2.24) is 4.98 Å². The van der Waals surface area contributed by atoms with Crippen LogP contribution in [0.25, 0.3) is 10.9 Å². The maximum Gasteiger partial charge on any atom is 0.241 e. The zero-order valence-electron chi connectivity index (χ0n) is 8.63. The lowest BCUT2D eigenvalue weighted by Gasteiger charge is -2.07. The van der Waals surface area contributed by atoms with Crippen LogP contribution in [0.3, 0.4) is 0 Å². The molecule has 0 aliphatic carbocycles. The van der Waals surface area contributed by atoms with Crippen LogP contribution in [0.4, 0.5) is 0 Å². The van der Waals surface area contributed by atoms with Crippen LogP contribution in [0.5, 0.6) is 5.75 Å². The van der Waals surface area contributed by atoms with Crippen molar-refractivity contribution in [3.05, 3.63) is 34.1 Å². The molecule has 0 aliphatic rings. The number of pyridine rings is 1. The summed E-state index contributed by atoms with van der Waals surface area (Å²) >= 11 is 0. The van der Waals surface area contributed by atoms with E-state index in [-0.39, 0.29) is 11.0 Å². The average molecular weight is 199 g/mol. The molecule has 0 amide bonds. The molecule has 74 valence electrons. The number of rotatable bonds is 1. The molecule has 0 bridgehead atoms. The van der Waals surface area contributed by atoms with Gasteiger partial charge in [0, 0.05) is 10.9 Å². The lowest BCUT2D eigenvalue weighted by Crippen LogP contribution is -2.26. The van der Waals surface area contributed by atoms with Crippen molar-refractivity contribution in [3.63, 3.8) is 0 Å². The number of aromatic amines is 1. The molecule has 0 atom stereocenters. The van der Waals surface area contributed by atoms with E-state index < -0.39 is 0 Å². The zero-order chi connectivity index (χ0) is 11.0. The molecule has 0 fully saturated rings. The second-order valence-corrected chi connectivity index (χ2v) is 3.46. The van der Waals surface area contributed by atoms with Crippen molar-refractivity contribution < 1.29 is 4.74 Å². The molecular weight excluding hydrogens is 189 g/mol. The third-order valence-electron chi connectivity index (χ3n) is 2.39. The Hall–Kier alpha value is -1.71. The zero-order valence-corrected chi connectivity index (χ0v) is 8.63. The average Bonchev–Trinajstić information content (AvgIpc) is 2.20. The van der Waals surface area contributed by atoms with Gasteiger partial charge in [-0.2, -0.15) is 0 Å². The van der Waals surface area contributed by atoms with E-state index in [1.54, 1.807) is 13.2 Å². The number of H-pyrrole nitrogens is 1. The number of methoxy groups -OCH3 is 1. The van der Waals surface area contributed by atoms with Crippen molar-refractivity contribution in [3.8, 4) is 5.75 Å². The van der Waals surface area contributed by atoms with Gasteiger partial charge >= 0.3 is 0 Å². The number of ether oxygens (including phenoxy) is 1. The van der Waals surface area contributed by atoms with Crippen molar-refractivity contribution in [2.45, 2.75) is 6.92 Å². The van der Waals surface area contributed by atoms with Crippen LogP contribution in [0.2, 0.25) is 0 Å². The summed E-state index contributed by atoms with van der Waals surface area (Å²) in [5, 5.41) is 0.870. The Morgan fingerprint density at radius 2 is 2.07 bits per heavy atom. The smallest absolute Gasteiger partial charge is 0.241 e. The summed E-state index contributed by atoms with van der Waals surface area (Å²) in [5.74, 6) is 0.786. The molecule has 0 saturated carbocycles.